The van der Waals surface area contributed by atoms with Crippen LogP contribution in [0.4, 0.5) is 5.69 Å². The van der Waals surface area contributed by atoms with Gasteiger partial charge in [-0.05, 0) is 32.0 Å². The molecule has 2 N–H and O–H groups in total. The Balaban J connectivity index is 2.49. The maximum atomic E-state index is 5.56. The summed E-state index contributed by atoms with van der Waals surface area (Å²) in [6.45, 7) is 3.96. The second-order valence-electron chi connectivity index (χ2n) is 3.29. The molecule has 72 valence electrons. The molecule has 0 amide bonds. The van der Waals surface area contributed by atoms with E-state index in [1.807, 2.05) is 32.0 Å². The Morgan fingerprint density at radius 2 is 2.07 bits per heavy atom. The Bertz CT molecular complexity index is 442. The summed E-state index contributed by atoms with van der Waals surface area (Å²) < 4.78 is 1.80. The summed E-state index contributed by atoms with van der Waals surface area (Å²) in [6.07, 6.45) is 1.63. The zero-order chi connectivity index (χ0) is 10.1. The van der Waals surface area contributed by atoms with Crippen molar-refractivity contribution >= 4 is 5.69 Å². The topological polar surface area (TPSA) is 56.7 Å². The predicted octanol–water partition coefficient (Wildman–Crippen LogP) is 1.47. The van der Waals surface area contributed by atoms with Crippen molar-refractivity contribution in [1.82, 2.24) is 14.8 Å². The number of nitrogen functional groups attached to an aromatic ring is 1. The number of hydrogen-bond donors (Lipinski definition) is 1. The van der Waals surface area contributed by atoms with Crippen molar-refractivity contribution in [2.75, 3.05) is 5.73 Å². The van der Waals surface area contributed by atoms with E-state index in [1.165, 1.54) is 0 Å². The van der Waals surface area contributed by atoms with Crippen molar-refractivity contribution in [2.45, 2.75) is 13.8 Å². The monoisotopic (exact) mass is 188 g/mol. The summed E-state index contributed by atoms with van der Waals surface area (Å²) in [5.74, 6) is 0.796. The van der Waals surface area contributed by atoms with Crippen molar-refractivity contribution in [3.8, 4) is 5.82 Å². The molecule has 0 saturated carbocycles. The number of pyridine rings is 1. The average Bonchev–Trinajstić information content (AvgIpc) is 2.47. The molecule has 4 nitrogen and oxygen atoms in total. The first kappa shape index (κ1) is 8.74. The van der Waals surface area contributed by atoms with E-state index < -0.39 is 0 Å². The molecule has 0 bridgehead atoms. The van der Waals surface area contributed by atoms with Gasteiger partial charge in [0.1, 0.15) is 0 Å². The van der Waals surface area contributed by atoms with E-state index in [-0.39, 0.29) is 0 Å². The quantitative estimate of drug-likeness (QED) is 0.737. The first-order chi connectivity index (χ1) is 6.66. The van der Waals surface area contributed by atoms with Gasteiger partial charge in [0.25, 0.3) is 0 Å². The second-order valence-corrected chi connectivity index (χ2v) is 3.29. The van der Waals surface area contributed by atoms with Gasteiger partial charge in [0.15, 0.2) is 5.82 Å². The molecule has 2 aromatic heterocycles. The molecule has 0 aromatic carbocycles. The van der Waals surface area contributed by atoms with E-state index in [0.29, 0.717) is 5.69 Å². The Morgan fingerprint density at radius 3 is 2.57 bits per heavy atom. The third-order valence-corrected chi connectivity index (χ3v) is 2.00. The van der Waals surface area contributed by atoms with Crippen LogP contribution < -0.4 is 5.73 Å². The Kier molecular flexibility index (Phi) is 1.96. The predicted molar refractivity (Wildman–Crippen MR) is 55.2 cm³/mol. The lowest BCUT2D eigenvalue weighted by molar-refractivity contribution is 0.806. The van der Waals surface area contributed by atoms with Crippen LogP contribution in [-0.4, -0.2) is 14.8 Å². The van der Waals surface area contributed by atoms with E-state index in [1.54, 1.807) is 10.9 Å². The van der Waals surface area contributed by atoms with Crippen molar-refractivity contribution < 1.29 is 0 Å². The van der Waals surface area contributed by atoms with Gasteiger partial charge in [-0.2, -0.15) is 5.10 Å². The molecule has 4 heteroatoms. The summed E-state index contributed by atoms with van der Waals surface area (Å²) in [5, 5.41) is 4.32. The van der Waals surface area contributed by atoms with Crippen LogP contribution in [0.25, 0.3) is 5.82 Å². The van der Waals surface area contributed by atoms with Crippen LogP contribution in [0, 0.1) is 13.8 Å². The molecule has 14 heavy (non-hydrogen) atoms. The molecule has 0 aliphatic rings. The number of nitrogens with two attached hydrogens (primary N) is 1. The number of aromatic nitrogens is 3. The van der Waals surface area contributed by atoms with Crippen LogP contribution in [0.15, 0.2) is 24.4 Å². The molecule has 0 spiro atoms. The Morgan fingerprint density at radius 1 is 1.29 bits per heavy atom. The van der Waals surface area contributed by atoms with E-state index >= 15 is 0 Å². The fraction of sp³-hybridized carbons (Fsp3) is 0.200. The number of aryl methyl sites for hydroxylation is 2. The normalized spacial score (nSPS) is 10.4. The highest BCUT2D eigenvalue weighted by Crippen LogP contribution is 2.10. The Hall–Kier alpha value is -1.84. The highest BCUT2D eigenvalue weighted by molar-refractivity contribution is 5.38. The maximum Gasteiger partial charge on any atom is 0.153 e. The van der Waals surface area contributed by atoms with Gasteiger partial charge in [-0.25, -0.2) is 9.67 Å². The fourth-order valence-electron chi connectivity index (χ4n) is 1.38. The van der Waals surface area contributed by atoms with Gasteiger partial charge in [-0.3, -0.25) is 0 Å². The Labute approximate surface area is 82.4 Å². The van der Waals surface area contributed by atoms with Crippen molar-refractivity contribution in [1.29, 1.82) is 0 Å². The molecule has 0 radical (unpaired) electrons. The van der Waals surface area contributed by atoms with E-state index in [9.17, 15) is 0 Å². The van der Waals surface area contributed by atoms with E-state index in [0.717, 1.165) is 17.2 Å². The van der Waals surface area contributed by atoms with Crippen LogP contribution >= 0.6 is 0 Å². The molecule has 0 atom stereocenters. The lowest BCUT2D eigenvalue weighted by atomic mass is 10.4. The molecular weight excluding hydrogens is 176 g/mol. The zero-order valence-electron chi connectivity index (χ0n) is 8.23. The zero-order valence-corrected chi connectivity index (χ0v) is 8.23. The third kappa shape index (κ3) is 1.46. The molecule has 2 heterocycles. The highest BCUT2D eigenvalue weighted by atomic mass is 15.3. The molecular formula is C10H12N4. The number of rotatable bonds is 1. The van der Waals surface area contributed by atoms with Gasteiger partial charge in [-0.1, -0.05) is 0 Å². The minimum absolute atomic E-state index is 0.662. The largest absolute Gasteiger partial charge is 0.397 e. The second kappa shape index (κ2) is 3.14. The molecule has 0 unspecified atom stereocenters. The van der Waals surface area contributed by atoms with Gasteiger partial charge < -0.3 is 5.73 Å². The van der Waals surface area contributed by atoms with Crippen molar-refractivity contribution in [3.05, 3.63) is 35.8 Å². The number of anilines is 1. The number of nitrogens with zero attached hydrogens (tertiary/aromatic N) is 3. The molecule has 0 fully saturated rings. The van der Waals surface area contributed by atoms with Gasteiger partial charge in [0.2, 0.25) is 0 Å². The van der Waals surface area contributed by atoms with Gasteiger partial charge in [-0.15, -0.1) is 0 Å². The summed E-state index contributed by atoms with van der Waals surface area (Å²) in [4.78, 5) is 4.20. The van der Waals surface area contributed by atoms with Crippen molar-refractivity contribution in [3.63, 3.8) is 0 Å². The fourth-order valence-corrected chi connectivity index (χ4v) is 1.38. The minimum atomic E-state index is 0.662. The van der Waals surface area contributed by atoms with Gasteiger partial charge in [0, 0.05) is 5.69 Å². The molecule has 2 rings (SSSR count). The average molecular weight is 188 g/mol. The summed E-state index contributed by atoms with van der Waals surface area (Å²) in [6, 6.07) is 5.69. The standard InChI is InChI=1S/C10H12N4/c1-7-5-8(2)14(13-7)10-4-3-9(11)6-12-10/h3-6H,11H2,1-2H3. The SMILES string of the molecule is Cc1cc(C)n(-c2ccc(N)cn2)n1. The summed E-state index contributed by atoms with van der Waals surface area (Å²) in [7, 11) is 0. The summed E-state index contributed by atoms with van der Waals surface area (Å²) in [5.41, 5.74) is 8.27. The molecule has 2 aromatic rings. The van der Waals surface area contributed by atoms with Gasteiger partial charge in [0.05, 0.1) is 17.6 Å². The van der Waals surface area contributed by atoms with Crippen LogP contribution in [0.2, 0.25) is 0 Å². The molecule has 0 aliphatic carbocycles. The van der Waals surface area contributed by atoms with Gasteiger partial charge >= 0.3 is 0 Å². The van der Waals surface area contributed by atoms with Crippen LogP contribution in [-0.2, 0) is 0 Å². The smallest absolute Gasteiger partial charge is 0.153 e. The molecule has 0 saturated heterocycles. The van der Waals surface area contributed by atoms with E-state index in [2.05, 4.69) is 10.1 Å². The van der Waals surface area contributed by atoms with Crippen molar-refractivity contribution in [2.24, 2.45) is 0 Å². The maximum absolute atomic E-state index is 5.56. The lowest BCUT2D eigenvalue weighted by Gasteiger charge is -2.02. The molecule has 0 aliphatic heterocycles. The minimum Gasteiger partial charge on any atom is -0.397 e. The third-order valence-electron chi connectivity index (χ3n) is 2.00. The first-order valence-electron chi connectivity index (χ1n) is 4.42. The number of hydrogen-bond acceptors (Lipinski definition) is 3. The van der Waals surface area contributed by atoms with E-state index in [4.69, 9.17) is 5.73 Å². The summed E-state index contributed by atoms with van der Waals surface area (Å²) >= 11 is 0. The van der Waals surface area contributed by atoms with Crippen LogP contribution in [0.5, 0.6) is 0 Å². The first-order valence-corrected chi connectivity index (χ1v) is 4.42. The highest BCUT2D eigenvalue weighted by Gasteiger charge is 2.03. The van der Waals surface area contributed by atoms with Crippen LogP contribution in [0.1, 0.15) is 11.4 Å². The van der Waals surface area contributed by atoms with Crippen LogP contribution in [0.3, 0.4) is 0 Å². The lowest BCUT2D eigenvalue weighted by Crippen LogP contribution is -2.01.